The minimum Gasteiger partial charge on any atom is -0.481 e. The summed E-state index contributed by atoms with van der Waals surface area (Å²) in [6.07, 6.45) is -0.158. The normalized spacial score (nSPS) is 10.8. The lowest BCUT2D eigenvalue weighted by molar-refractivity contribution is -0.136. The maximum Gasteiger partial charge on any atom is 0.354 e. The minimum absolute atomic E-state index is 0.158. The Kier molecular flexibility index (Phi) is 3.71. The molecule has 0 aliphatic rings. The van der Waals surface area contributed by atoms with Gasteiger partial charge in [-0.2, -0.15) is 4.98 Å². The Balaban J connectivity index is 2.70. The fourth-order valence-electron chi connectivity index (χ4n) is 1.98. The van der Waals surface area contributed by atoms with Crippen molar-refractivity contribution in [2.75, 3.05) is 0 Å². The smallest absolute Gasteiger partial charge is 0.354 e. The van der Waals surface area contributed by atoms with Gasteiger partial charge in [0.1, 0.15) is 0 Å². The monoisotopic (exact) mass is 293 g/mol. The molecule has 0 unspecified atom stereocenters. The molecule has 0 atom stereocenters. The Bertz CT molecular complexity index is 727. The van der Waals surface area contributed by atoms with Crippen LogP contribution >= 0.6 is 11.3 Å². The van der Waals surface area contributed by atoms with Gasteiger partial charge in [0, 0.05) is 21.8 Å². The summed E-state index contributed by atoms with van der Waals surface area (Å²) in [6, 6.07) is 0. The third kappa shape index (κ3) is 2.49. The van der Waals surface area contributed by atoms with Crippen LogP contribution in [-0.4, -0.2) is 25.6 Å². The third-order valence-corrected chi connectivity index (χ3v) is 4.26. The van der Waals surface area contributed by atoms with Gasteiger partial charge in [-0.15, -0.1) is 11.3 Å². The Morgan fingerprint density at radius 3 is 2.35 bits per heavy atom. The summed E-state index contributed by atoms with van der Waals surface area (Å²) in [5, 5.41) is 9.50. The first-order valence-corrected chi connectivity index (χ1v) is 6.88. The van der Waals surface area contributed by atoms with E-state index >= 15 is 0 Å². The number of hydrogen-bond acceptors (Lipinski definition) is 5. The fourth-order valence-corrected chi connectivity index (χ4v) is 2.94. The summed E-state index contributed by atoms with van der Waals surface area (Å²) in [6.45, 7) is 7.17. The van der Waals surface area contributed by atoms with E-state index in [1.807, 2.05) is 13.8 Å². The summed E-state index contributed by atoms with van der Waals surface area (Å²) in [7, 11) is 0. The van der Waals surface area contributed by atoms with Gasteiger partial charge in [-0.1, -0.05) is 0 Å². The molecule has 106 valence electrons. The van der Waals surface area contributed by atoms with Crippen LogP contribution in [0.15, 0.2) is 4.79 Å². The summed E-state index contributed by atoms with van der Waals surface area (Å²) in [5.74, 6) is -0.949. The Morgan fingerprint density at radius 2 is 1.85 bits per heavy atom. The Labute approximate surface area is 119 Å². The molecule has 0 amide bonds. The van der Waals surface area contributed by atoms with Crippen molar-refractivity contribution in [2.24, 2.45) is 0 Å². The van der Waals surface area contributed by atoms with Gasteiger partial charge < -0.3 is 5.11 Å². The van der Waals surface area contributed by atoms with Crippen LogP contribution in [0.25, 0.3) is 5.13 Å². The number of carboxylic acids is 1. The van der Waals surface area contributed by atoms with Crippen LogP contribution in [0.3, 0.4) is 0 Å². The van der Waals surface area contributed by atoms with Crippen molar-refractivity contribution in [2.45, 2.75) is 34.1 Å². The van der Waals surface area contributed by atoms with Crippen LogP contribution < -0.4 is 5.69 Å². The van der Waals surface area contributed by atoms with Crippen LogP contribution in [0, 0.1) is 27.7 Å². The molecule has 0 spiro atoms. The number of aryl methyl sites for hydroxylation is 3. The van der Waals surface area contributed by atoms with Crippen molar-refractivity contribution in [3.05, 3.63) is 38.0 Å². The molecule has 20 heavy (non-hydrogen) atoms. The van der Waals surface area contributed by atoms with E-state index < -0.39 is 11.7 Å². The maximum atomic E-state index is 12.1. The second-order valence-corrected chi connectivity index (χ2v) is 5.77. The van der Waals surface area contributed by atoms with Gasteiger partial charge in [-0.3, -0.25) is 4.79 Å². The van der Waals surface area contributed by atoms with E-state index in [2.05, 4.69) is 9.97 Å². The van der Waals surface area contributed by atoms with Gasteiger partial charge in [0.15, 0.2) is 5.13 Å². The lowest BCUT2D eigenvalue weighted by Gasteiger charge is -2.12. The molecule has 0 aromatic carbocycles. The van der Waals surface area contributed by atoms with Crippen molar-refractivity contribution in [3.63, 3.8) is 0 Å². The van der Waals surface area contributed by atoms with E-state index in [1.165, 1.54) is 15.9 Å². The largest absolute Gasteiger partial charge is 0.481 e. The lowest BCUT2D eigenvalue weighted by Crippen LogP contribution is -2.27. The first-order valence-electron chi connectivity index (χ1n) is 6.06. The number of hydrogen-bond donors (Lipinski definition) is 1. The topological polar surface area (TPSA) is 85.1 Å². The van der Waals surface area contributed by atoms with Crippen molar-refractivity contribution in [1.29, 1.82) is 0 Å². The van der Waals surface area contributed by atoms with Crippen LogP contribution in [0.2, 0.25) is 0 Å². The van der Waals surface area contributed by atoms with E-state index in [9.17, 15) is 9.59 Å². The van der Waals surface area contributed by atoms with Crippen molar-refractivity contribution < 1.29 is 9.90 Å². The number of carbonyl (C=O) groups is 1. The van der Waals surface area contributed by atoms with Crippen molar-refractivity contribution in [1.82, 2.24) is 14.5 Å². The van der Waals surface area contributed by atoms with Crippen molar-refractivity contribution in [3.8, 4) is 5.13 Å². The van der Waals surface area contributed by atoms with E-state index in [0.717, 1.165) is 10.6 Å². The van der Waals surface area contributed by atoms with E-state index in [-0.39, 0.29) is 6.42 Å². The van der Waals surface area contributed by atoms with E-state index in [1.54, 1.807) is 13.8 Å². The first-order chi connectivity index (χ1) is 9.31. The molecule has 2 aromatic heterocycles. The highest BCUT2D eigenvalue weighted by atomic mass is 32.1. The van der Waals surface area contributed by atoms with Gasteiger partial charge >= 0.3 is 11.7 Å². The highest BCUT2D eigenvalue weighted by Gasteiger charge is 2.17. The quantitative estimate of drug-likeness (QED) is 0.928. The van der Waals surface area contributed by atoms with Gasteiger partial charge in [0.2, 0.25) is 0 Å². The molecule has 2 rings (SSSR count). The number of aliphatic carboxylic acids is 1. The summed E-state index contributed by atoms with van der Waals surface area (Å²) >= 11 is 1.39. The fraction of sp³-hybridized carbons (Fsp3) is 0.385. The van der Waals surface area contributed by atoms with Gasteiger partial charge in [0.05, 0.1) is 12.1 Å². The standard InChI is InChI=1S/C13H15N3O3S/c1-6-9(4)20-13(15-6)16-8(3)10(5-11(17)18)7(2)14-12(16)19/h5H2,1-4H3,(H,17,18). The zero-order valence-electron chi connectivity index (χ0n) is 11.7. The molecule has 7 heteroatoms. The number of rotatable bonds is 3. The van der Waals surface area contributed by atoms with Gasteiger partial charge in [0.25, 0.3) is 0 Å². The third-order valence-electron chi connectivity index (χ3n) is 3.20. The number of aromatic nitrogens is 3. The highest BCUT2D eigenvalue weighted by Crippen LogP contribution is 2.22. The molecule has 0 saturated carbocycles. The van der Waals surface area contributed by atoms with Crippen LogP contribution in [0.4, 0.5) is 0 Å². The lowest BCUT2D eigenvalue weighted by atomic mass is 10.1. The summed E-state index contributed by atoms with van der Waals surface area (Å²) in [5.41, 5.74) is 2.02. The number of thiazole rings is 1. The van der Waals surface area contributed by atoms with E-state index in [4.69, 9.17) is 5.11 Å². The highest BCUT2D eigenvalue weighted by molar-refractivity contribution is 7.14. The second-order valence-electron chi connectivity index (χ2n) is 4.59. The SMILES string of the molecule is Cc1nc(-n2c(C)c(CC(=O)O)c(C)nc2=O)sc1C. The van der Waals surface area contributed by atoms with Crippen LogP contribution in [-0.2, 0) is 11.2 Å². The predicted molar refractivity (Wildman–Crippen MR) is 75.8 cm³/mol. The zero-order chi connectivity index (χ0) is 15.0. The molecule has 0 saturated heterocycles. The molecular formula is C13H15N3O3S. The molecular weight excluding hydrogens is 278 g/mol. The van der Waals surface area contributed by atoms with Gasteiger partial charge in [-0.25, -0.2) is 14.3 Å². The second kappa shape index (κ2) is 5.16. The first kappa shape index (κ1) is 14.4. The maximum absolute atomic E-state index is 12.1. The number of carboxylic acid groups (broad SMARTS) is 1. The average molecular weight is 293 g/mol. The van der Waals surface area contributed by atoms with Crippen LogP contribution in [0.5, 0.6) is 0 Å². The molecule has 0 fully saturated rings. The van der Waals surface area contributed by atoms with Crippen LogP contribution in [0.1, 0.15) is 27.5 Å². The Hall–Kier alpha value is -2.02. The molecule has 2 aromatic rings. The minimum atomic E-state index is -0.949. The van der Waals surface area contributed by atoms with E-state index in [0.29, 0.717) is 22.1 Å². The Morgan fingerprint density at radius 1 is 1.20 bits per heavy atom. The van der Waals surface area contributed by atoms with Crippen molar-refractivity contribution >= 4 is 17.3 Å². The number of nitrogens with zero attached hydrogens (tertiary/aromatic N) is 3. The molecule has 0 aliphatic carbocycles. The molecule has 6 nitrogen and oxygen atoms in total. The molecule has 2 heterocycles. The summed E-state index contributed by atoms with van der Waals surface area (Å²) < 4.78 is 1.38. The summed E-state index contributed by atoms with van der Waals surface area (Å²) in [4.78, 5) is 32.3. The molecule has 0 bridgehead atoms. The zero-order valence-corrected chi connectivity index (χ0v) is 12.5. The molecule has 0 aliphatic heterocycles. The van der Waals surface area contributed by atoms with Gasteiger partial charge in [-0.05, 0) is 27.7 Å². The average Bonchev–Trinajstić information content (AvgIpc) is 2.64. The predicted octanol–water partition coefficient (Wildman–Crippen LogP) is 1.55. The molecule has 0 radical (unpaired) electrons. The molecule has 1 N–H and O–H groups in total.